The Morgan fingerprint density at radius 2 is 2.08 bits per heavy atom. The Balaban J connectivity index is 2.88. The summed E-state index contributed by atoms with van der Waals surface area (Å²) in [6.45, 7) is 1.98. The highest BCUT2D eigenvalue weighted by atomic mass is 32.1. The van der Waals surface area contributed by atoms with Crippen molar-refractivity contribution in [3.05, 3.63) is 28.9 Å². The van der Waals surface area contributed by atoms with Crippen LogP contribution in [-0.4, -0.2) is 0 Å². The van der Waals surface area contributed by atoms with Crippen LogP contribution in [0.4, 0.5) is 4.39 Å². The second-order valence-corrected chi connectivity index (χ2v) is 4.24. The molecule has 62 valence electrons. The zero-order valence-corrected chi connectivity index (χ0v) is 8.18. The largest absolute Gasteiger partial charge is 0.195 e. The first-order valence-electron chi connectivity index (χ1n) is 3.55. The number of halogens is 1. The van der Waals surface area contributed by atoms with E-state index >= 15 is 0 Å². The first-order chi connectivity index (χ1) is 5.66. The van der Waals surface area contributed by atoms with E-state index in [4.69, 9.17) is 0 Å². The Hall–Kier alpha value is -0.540. The van der Waals surface area contributed by atoms with Crippen LogP contribution in [0, 0.1) is 12.1 Å². The third kappa shape index (κ3) is 1.23. The Morgan fingerprint density at radius 1 is 1.33 bits per heavy atom. The lowest BCUT2D eigenvalue weighted by atomic mass is 10.2. The van der Waals surface area contributed by atoms with Gasteiger partial charge in [-0.15, -0.1) is 24.0 Å². The molecule has 0 unspecified atom stereocenters. The van der Waals surface area contributed by atoms with Gasteiger partial charge in [0.25, 0.3) is 0 Å². The van der Waals surface area contributed by atoms with Crippen LogP contribution in [0.1, 0.15) is 5.56 Å². The maximum absolute atomic E-state index is 12.8. The second-order valence-electron chi connectivity index (χ2n) is 2.75. The predicted molar refractivity (Wildman–Crippen MR) is 53.8 cm³/mol. The Bertz CT molecular complexity index is 431. The number of thiophene rings is 1. The van der Waals surface area contributed by atoms with E-state index in [9.17, 15) is 4.39 Å². The first kappa shape index (κ1) is 8.08. The molecule has 0 bridgehead atoms. The van der Waals surface area contributed by atoms with Crippen molar-refractivity contribution in [3.8, 4) is 0 Å². The van der Waals surface area contributed by atoms with E-state index in [-0.39, 0.29) is 5.13 Å². The summed E-state index contributed by atoms with van der Waals surface area (Å²) in [5.41, 5.74) is 1.12. The van der Waals surface area contributed by atoms with Gasteiger partial charge in [-0.25, -0.2) is 0 Å². The van der Waals surface area contributed by atoms with Crippen molar-refractivity contribution < 1.29 is 4.39 Å². The molecular formula is C9H7FS2. The summed E-state index contributed by atoms with van der Waals surface area (Å²) in [5, 5.41) is 0.799. The van der Waals surface area contributed by atoms with E-state index < -0.39 is 0 Å². The highest BCUT2D eigenvalue weighted by Crippen LogP contribution is 2.30. The summed E-state index contributed by atoms with van der Waals surface area (Å²) < 4.78 is 13.7. The molecule has 0 fully saturated rings. The number of hydrogen-bond donors (Lipinski definition) is 1. The lowest BCUT2D eigenvalue weighted by Gasteiger charge is -1.96. The monoisotopic (exact) mass is 198 g/mol. The fourth-order valence-electron chi connectivity index (χ4n) is 1.25. The zero-order valence-electron chi connectivity index (χ0n) is 6.47. The fourth-order valence-corrected chi connectivity index (χ4v) is 2.50. The summed E-state index contributed by atoms with van der Waals surface area (Å²) >= 11 is 5.42. The van der Waals surface area contributed by atoms with E-state index in [1.165, 1.54) is 0 Å². The van der Waals surface area contributed by atoms with Crippen LogP contribution in [0.15, 0.2) is 23.1 Å². The Labute approximate surface area is 79.4 Å². The van der Waals surface area contributed by atoms with Crippen LogP contribution in [-0.2, 0) is 0 Å². The molecule has 0 spiro atoms. The zero-order chi connectivity index (χ0) is 8.72. The molecule has 3 heteroatoms. The van der Waals surface area contributed by atoms with Gasteiger partial charge in [-0.2, -0.15) is 4.39 Å². The number of rotatable bonds is 0. The molecular weight excluding hydrogens is 191 g/mol. The topological polar surface area (TPSA) is 0 Å². The average Bonchev–Trinajstić information content (AvgIpc) is 2.29. The van der Waals surface area contributed by atoms with Crippen LogP contribution in [0.2, 0.25) is 0 Å². The Morgan fingerprint density at radius 3 is 2.83 bits per heavy atom. The van der Waals surface area contributed by atoms with Crippen LogP contribution < -0.4 is 0 Å². The number of hydrogen-bond acceptors (Lipinski definition) is 2. The smallest absolute Gasteiger partial charge is 0.177 e. The molecule has 12 heavy (non-hydrogen) atoms. The molecule has 1 aromatic heterocycles. The van der Waals surface area contributed by atoms with Crippen molar-refractivity contribution >= 4 is 34.1 Å². The number of thiol groups is 1. The minimum Gasteiger partial charge on any atom is -0.195 e. The molecule has 2 aromatic rings. The standard InChI is InChI=1S/C9H7FS2/c1-5-2-6-4-8(10)12-9(6)7(11)3-5/h2-4,11H,1H3. The molecule has 0 amide bonds. The number of fused-ring (bicyclic) bond motifs is 1. The maximum Gasteiger partial charge on any atom is 0.177 e. The third-order valence-corrected chi connectivity index (χ3v) is 3.19. The average molecular weight is 198 g/mol. The summed E-state index contributed by atoms with van der Waals surface area (Å²) in [7, 11) is 0. The second kappa shape index (κ2) is 2.75. The molecule has 1 aromatic carbocycles. The first-order valence-corrected chi connectivity index (χ1v) is 4.82. The molecule has 0 N–H and O–H groups in total. The molecule has 0 atom stereocenters. The van der Waals surface area contributed by atoms with Gasteiger partial charge in [0, 0.05) is 4.90 Å². The van der Waals surface area contributed by atoms with Crippen molar-refractivity contribution in [2.24, 2.45) is 0 Å². The summed E-state index contributed by atoms with van der Waals surface area (Å²) in [6.07, 6.45) is 0. The summed E-state index contributed by atoms with van der Waals surface area (Å²) in [4.78, 5) is 0.860. The summed E-state index contributed by atoms with van der Waals surface area (Å²) in [5.74, 6) is 0. The van der Waals surface area contributed by atoms with Gasteiger partial charge < -0.3 is 0 Å². The van der Waals surface area contributed by atoms with Crippen LogP contribution in [0.5, 0.6) is 0 Å². The maximum atomic E-state index is 12.8. The lowest BCUT2D eigenvalue weighted by Crippen LogP contribution is -1.71. The minimum absolute atomic E-state index is 0.147. The fraction of sp³-hybridized carbons (Fsp3) is 0.111. The molecule has 0 saturated carbocycles. The van der Waals surface area contributed by atoms with Gasteiger partial charge in [-0.05, 0) is 30.0 Å². The van der Waals surface area contributed by atoms with Gasteiger partial charge >= 0.3 is 0 Å². The van der Waals surface area contributed by atoms with Gasteiger partial charge in [0.05, 0.1) is 4.70 Å². The predicted octanol–water partition coefficient (Wildman–Crippen LogP) is 3.64. The molecule has 1 heterocycles. The van der Waals surface area contributed by atoms with E-state index in [1.807, 2.05) is 19.1 Å². The summed E-state index contributed by atoms with van der Waals surface area (Å²) in [6, 6.07) is 5.46. The van der Waals surface area contributed by atoms with Crippen molar-refractivity contribution in [1.29, 1.82) is 0 Å². The van der Waals surface area contributed by atoms with Gasteiger partial charge in [0.1, 0.15) is 0 Å². The Kier molecular flexibility index (Phi) is 1.85. The molecule has 2 rings (SSSR count). The number of benzene rings is 1. The van der Waals surface area contributed by atoms with Crippen molar-refractivity contribution in [2.75, 3.05) is 0 Å². The van der Waals surface area contributed by atoms with E-state index in [0.717, 1.165) is 31.9 Å². The molecule has 0 aliphatic rings. The quantitative estimate of drug-likeness (QED) is 0.614. The van der Waals surface area contributed by atoms with Crippen molar-refractivity contribution in [2.45, 2.75) is 11.8 Å². The van der Waals surface area contributed by atoms with E-state index in [0.29, 0.717) is 0 Å². The van der Waals surface area contributed by atoms with Crippen LogP contribution >= 0.6 is 24.0 Å². The van der Waals surface area contributed by atoms with Crippen LogP contribution in [0.3, 0.4) is 0 Å². The molecule has 0 saturated heterocycles. The number of aryl methyl sites for hydroxylation is 1. The molecule has 0 aliphatic carbocycles. The van der Waals surface area contributed by atoms with Gasteiger partial charge in [-0.3, -0.25) is 0 Å². The van der Waals surface area contributed by atoms with Crippen molar-refractivity contribution in [1.82, 2.24) is 0 Å². The van der Waals surface area contributed by atoms with Gasteiger partial charge in [-0.1, -0.05) is 6.07 Å². The lowest BCUT2D eigenvalue weighted by molar-refractivity contribution is 0.658. The highest BCUT2D eigenvalue weighted by molar-refractivity contribution is 7.80. The molecule has 0 aliphatic heterocycles. The highest BCUT2D eigenvalue weighted by Gasteiger charge is 2.04. The third-order valence-electron chi connectivity index (χ3n) is 1.71. The minimum atomic E-state index is -0.147. The van der Waals surface area contributed by atoms with Gasteiger partial charge in [0.15, 0.2) is 5.13 Å². The SMILES string of the molecule is Cc1cc(S)c2sc(F)cc2c1. The van der Waals surface area contributed by atoms with Gasteiger partial charge in [0.2, 0.25) is 0 Å². The van der Waals surface area contributed by atoms with Crippen LogP contribution in [0.25, 0.3) is 10.1 Å². The van der Waals surface area contributed by atoms with Crippen molar-refractivity contribution in [3.63, 3.8) is 0 Å². The van der Waals surface area contributed by atoms with E-state index in [1.54, 1.807) is 6.07 Å². The molecule has 0 radical (unpaired) electrons. The molecule has 0 nitrogen and oxygen atoms in total. The van der Waals surface area contributed by atoms with E-state index in [2.05, 4.69) is 12.6 Å². The normalized spacial score (nSPS) is 10.9.